The summed E-state index contributed by atoms with van der Waals surface area (Å²) in [5.74, 6) is -0.424. The van der Waals surface area contributed by atoms with Gasteiger partial charge in [0.1, 0.15) is 6.04 Å². The maximum Gasteiger partial charge on any atom is 0.245 e. The highest BCUT2D eigenvalue weighted by Gasteiger charge is 2.36. The van der Waals surface area contributed by atoms with E-state index in [-0.39, 0.29) is 23.1 Å². The maximum atomic E-state index is 12.4. The van der Waals surface area contributed by atoms with Crippen molar-refractivity contribution in [3.8, 4) is 0 Å². The summed E-state index contributed by atoms with van der Waals surface area (Å²) in [6, 6.07) is 7.47. The quantitative estimate of drug-likeness (QED) is 0.733. The van der Waals surface area contributed by atoms with E-state index < -0.39 is 12.1 Å². The summed E-state index contributed by atoms with van der Waals surface area (Å²) in [6.45, 7) is 4.22. The lowest BCUT2D eigenvalue weighted by atomic mass is 9.87. The van der Waals surface area contributed by atoms with Gasteiger partial charge in [0, 0.05) is 12.5 Å². The van der Waals surface area contributed by atoms with Gasteiger partial charge in [0.15, 0.2) is 0 Å². The molecule has 2 atom stereocenters. The van der Waals surface area contributed by atoms with Gasteiger partial charge in [-0.2, -0.15) is 0 Å². The molecule has 3 N–H and O–H groups in total. The van der Waals surface area contributed by atoms with Gasteiger partial charge >= 0.3 is 0 Å². The van der Waals surface area contributed by atoms with Gasteiger partial charge in [-0.3, -0.25) is 9.59 Å². The minimum absolute atomic E-state index is 0.0147. The Hall–Kier alpha value is -1.88. The molecule has 1 fully saturated rings. The highest BCUT2D eigenvalue weighted by atomic mass is 16.3. The Morgan fingerprint density at radius 1 is 1.25 bits per heavy atom. The van der Waals surface area contributed by atoms with Crippen LogP contribution >= 0.6 is 0 Å². The van der Waals surface area contributed by atoms with Gasteiger partial charge < -0.3 is 15.7 Å². The van der Waals surface area contributed by atoms with Crippen LogP contribution in [0.3, 0.4) is 0 Å². The van der Waals surface area contributed by atoms with Crippen molar-refractivity contribution < 1.29 is 14.7 Å². The van der Waals surface area contributed by atoms with Crippen LogP contribution in [-0.2, 0) is 22.4 Å². The summed E-state index contributed by atoms with van der Waals surface area (Å²) in [7, 11) is 0. The van der Waals surface area contributed by atoms with Gasteiger partial charge in [-0.05, 0) is 49.1 Å². The SMILES string of the molecule is CC(O)C(NC(=O)C1CC1)C(=O)NCC1(C)Cc2ccccc2C1. The largest absolute Gasteiger partial charge is 0.391 e. The lowest BCUT2D eigenvalue weighted by Gasteiger charge is -2.27. The van der Waals surface area contributed by atoms with E-state index in [1.165, 1.54) is 18.1 Å². The van der Waals surface area contributed by atoms with E-state index in [4.69, 9.17) is 0 Å². The molecule has 0 aromatic heterocycles. The smallest absolute Gasteiger partial charge is 0.245 e. The molecule has 1 aromatic rings. The predicted molar refractivity (Wildman–Crippen MR) is 91.3 cm³/mol. The fourth-order valence-corrected chi connectivity index (χ4v) is 3.44. The second-order valence-corrected chi connectivity index (χ2v) is 7.65. The molecule has 0 heterocycles. The van der Waals surface area contributed by atoms with Crippen LogP contribution in [0.4, 0.5) is 0 Å². The van der Waals surface area contributed by atoms with Crippen molar-refractivity contribution in [1.29, 1.82) is 0 Å². The first kappa shape index (κ1) is 17.0. The third-order valence-corrected chi connectivity index (χ3v) is 5.05. The Labute approximate surface area is 142 Å². The molecule has 1 aromatic carbocycles. The summed E-state index contributed by atoms with van der Waals surface area (Å²) in [5.41, 5.74) is 2.65. The number of amides is 2. The van der Waals surface area contributed by atoms with Crippen LogP contribution in [0.2, 0.25) is 0 Å². The van der Waals surface area contributed by atoms with Crippen LogP contribution in [0.5, 0.6) is 0 Å². The minimum atomic E-state index is -0.915. The molecular formula is C19H26N2O3. The number of carbonyl (C=O) groups excluding carboxylic acids is 2. The maximum absolute atomic E-state index is 12.4. The number of benzene rings is 1. The lowest BCUT2D eigenvalue weighted by molar-refractivity contribution is -0.132. The van der Waals surface area contributed by atoms with Crippen LogP contribution in [-0.4, -0.2) is 35.6 Å². The van der Waals surface area contributed by atoms with Crippen molar-refractivity contribution in [2.24, 2.45) is 11.3 Å². The summed E-state index contributed by atoms with van der Waals surface area (Å²) in [5, 5.41) is 15.5. The number of carbonyl (C=O) groups is 2. The van der Waals surface area contributed by atoms with Gasteiger partial charge in [0.25, 0.3) is 0 Å². The van der Waals surface area contributed by atoms with Crippen molar-refractivity contribution in [3.05, 3.63) is 35.4 Å². The summed E-state index contributed by atoms with van der Waals surface area (Å²) >= 11 is 0. The van der Waals surface area contributed by atoms with E-state index in [1.54, 1.807) is 0 Å². The zero-order valence-corrected chi connectivity index (χ0v) is 14.3. The molecule has 2 aliphatic rings. The highest BCUT2D eigenvalue weighted by Crippen LogP contribution is 2.36. The molecule has 130 valence electrons. The average Bonchev–Trinajstić information content (AvgIpc) is 3.32. The first-order valence-corrected chi connectivity index (χ1v) is 8.71. The lowest BCUT2D eigenvalue weighted by Crippen LogP contribution is -2.54. The number of nitrogens with one attached hydrogen (secondary N) is 2. The fraction of sp³-hybridized carbons (Fsp3) is 0.579. The zero-order valence-electron chi connectivity index (χ0n) is 14.3. The molecule has 2 amide bonds. The van der Waals surface area contributed by atoms with E-state index >= 15 is 0 Å². The molecule has 24 heavy (non-hydrogen) atoms. The van der Waals surface area contributed by atoms with Crippen molar-refractivity contribution >= 4 is 11.8 Å². The third-order valence-electron chi connectivity index (χ3n) is 5.05. The Kier molecular flexibility index (Phi) is 4.63. The van der Waals surface area contributed by atoms with Crippen molar-refractivity contribution in [2.45, 2.75) is 51.7 Å². The van der Waals surface area contributed by atoms with Gasteiger partial charge in [0.05, 0.1) is 6.10 Å². The molecule has 2 unspecified atom stereocenters. The summed E-state index contributed by atoms with van der Waals surface area (Å²) in [4.78, 5) is 24.3. The number of rotatable bonds is 6. The van der Waals surface area contributed by atoms with Gasteiger partial charge in [-0.15, -0.1) is 0 Å². The average molecular weight is 330 g/mol. The first-order chi connectivity index (χ1) is 11.4. The number of aliphatic hydroxyl groups excluding tert-OH is 1. The molecule has 0 radical (unpaired) electrons. The highest BCUT2D eigenvalue weighted by molar-refractivity contribution is 5.89. The molecule has 2 aliphatic carbocycles. The fourth-order valence-electron chi connectivity index (χ4n) is 3.44. The van der Waals surface area contributed by atoms with Crippen LogP contribution in [0.1, 0.15) is 37.8 Å². The van der Waals surface area contributed by atoms with Gasteiger partial charge in [0.2, 0.25) is 11.8 Å². The van der Waals surface area contributed by atoms with Crippen LogP contribution in [0, 0.1) is 11.3 Å². The molecule has 5 nitrogen and oxygen atoms in total. The minimum Gasteiger partial charge on any atom is -0.391 e. The Morgan fingerprint density at radius 2 is 1.83 bits per heavy atom. The molecule has 1 saturated carbocycles. The van der Waals surface area contributed by atoms with E-state index in [0.717, 1.165) is 25.7 Å². The second-order valence-electron chi connectivity index (χ2n) is 7.65. The Bertz CT molecular complexity index is 612. The number of aliphatic hydroxyl groups is 1. The second kappa shape index (κ2) is 6.55. The normalized spacial score (nSPS) is 20.8. The topological polar surface area (TPSA) is 78.4 Å². The van der Waals surface area contributed by atoms with E-state index in [9.17, 15) is 14.7 Å². The molecule has 0 bridgehead atoms. The number of hydrogen-bond acceptors (Lipinski definition) is 3. The molecule has 3 rings (SSSR count). The molecule has 0 aliphatic heterocycles. The van der Waals surface area contributed by atoms with E-state index in [1.807, 2.05) is 12.1 Å². The molecule has 0 spiro atoms. The van der Waals surface area contributed by atoms with E-state index in [2.05, 4.69) is 29.7 Å². The van der Waals surface area contributed by atoms with Crippen molar-refractivity contribution in [1.82, 2.24) is 10.6 Å². The monoisotopic (exact) mass is 330 g/mol. The van der Waals surface area contributed by atoms with Crippen molar-refractivity contribution in [2.75, 3.05) is 6.54 Å². The van der Waals surface area contributed by atoms with Crippen LogP contribution in [0.15, 0.2) is 24.3 Å². The molecule has 5 heteroatoms. The number of fused-ring (bicyclic) bond motifs is 1. The number of hydrogen-bond donors (Lipinski definition) is 3. The Morgan fingerprint density at radius 3 is 2.33 bits per heavy atom. The van der Waals surface area contributed by atoms with Gasteiger partial charge in [-0.25, -0.2) is 0 Å². The zero-order chi connectivity index (χ0) is 17.3. The van der Waals surface area contributed by atoms with Crippen LogP contribution < -0.4 is 10.6 Å². The van der Waals surface area contributed by atoms with Gasteiger partial charge in [-0.1, -0.05) is 31.2 Å². The van der Waals surface area contributed by atoms with Crippen molar-refractivity contribution in [3.63, 3.8) is 0 Å². The molecule has 0 saturated heterocycles. The van der Waals surface area contributed by atoms with E-state index in [0.29, 0.717) is 6.54 Å². The summed E-state index contributed by atoms with van der Waals surface area (Å²) in [6.07, 6.45) is 2.68. The standard InChI is InChI=1S/C19H26N2O3/c1-12(22)16(21-17(23)13-7-8-13)18(24)20-11-19(2)9-14-5-3-4-6-15(14)10-19/h3-6,12-13,16,22H,7-11H2,1-2H3,(H,20,24)(H,21,23). The molecular weight excluding hydrogens is 304 g/mol. The Balaban J connectivity index is 1.56. The third kappa shape index (κ3) is 3.78. The van der Waals surface area contributed by atoms with Crippen LogP contribution in [0.25, 0.3) is 0 Å². The predicted octanol–water partition coefficient (Wildman–Crippen LogP) is 1.18. The summed E-state index contributed by atoms with van der Waals surface area (Å²) < 4.78 is 0. The first-order valence-electron chi connectivity index (χ1n) is 8.71.